The highest BCUT2D eigenvalue weighted by Gasteiger charge is 2.30. The average Bonchev–Trinajstić information content (AvgIpc) is 2.76. The summed E-state index contributed by atoms with van der Waals surface area (Å²) < 4.78 is 2.00. The normalized spacial score (nSPS) is 25.5. The summed E-state index contributed by atoms with van der Waals surface area (Å²) in [4.78, 5) is 0. The minimum Gasteiger partial charge on any atom is -0.271 e. The summed E-state index contributed by atoms with van der Waals surface area (Å²) in [5.74, 6) is 7.21. The Morgan fingerprint density at radius 1 is 1.47 bits per heavy atom. The van der Waals surface area contributed by atoms with E-state index >= 15 is 0 Å². The molecular weight excluding hydrogens is 260 g/mol. The van der Waals surface area contributed by atoms with Crippen LogP contribution in [0.4, 0.5) is 0 Å². The van der Waals surface area contributed by atoms with Crippen LogP contribution in [0.1, 0.15) is 57.7 Å². The van der Waals surface area contributed by atoms with Gasteiger partial charge in [0.05, 0.1) is 23.0 Å². The first-order valence-corrected chi connectivity index (χ1v) is 7.72. The Morgan fingerprint density at radius 2 is 2.16 bits per heavy atom. The molecule has 0 aromatic carbocycles. The zero-order valence-electron chi connectivity index (χ0n) is 11.9. The van der Waals surface area contributed by atoms with Crippen molar-refractivity contribution in [2.24, 2.45) is 17.7 Å². The number of nitrogens with one attached hydrogen (secondary N) is 1. The van der Waals surface area contributed by atoms with Gasteiger partial charge in [0, 0.05) is 6.54 Å². The molecule has 1 aromatic heterocycles. The first-order chi connectivity index (χ1) is 9.17. The van der Waals surface area contributed by atoms with Gasteiger partial charge < -0.3 is 0 Å². The zero-order valence-corrected chi connectivity index (χ0v) is 12.7. The van der Waals surface area contributed by atoms with Gasteiger partial charge in [-0.15, -0.1) is 0 Å². The number of aryl methyl sites for hydroxylation is 1. The number of hydrogen-bond acceptors (Lipinski definition) is 3. The van der Waals surface area contributed by atoms with Crippen LogP contribution < -0.4 is 11.3 Å². The third-order valence-corrected chi connectivity index (χ3v) is 4.57. The summed E-state index contributed by atoms with van der Waals surface area (Å²) in [7, 11) is 0. The molecule has 0 radical (unpaired) electrons. The Kier molecular flexibility index (Phi) is 5.25. The van der Waals surface area contributed by atoms with E-state index in [1.165, 1.54) is 25.7 Å². The molecule has 1 aliphatic rings. The fraction of sp³-hybridized carbons (Fsp3) is 0.786. The molecule has 1 aliphatic carbocycles. The standard InChI is InChI=1S/C14H25ClN4/c1-3-8-19-14(12(15)9-17-19)13(18-16)11-6-4-10(2)5-7-11/h9-11,13,18H,3-8,16H2,1-2H3. The molecule has 1 atom stereocenters. The quantitative estimate of drug-likeness (QED) is 0.644. The van der Waals surface area contributed by atoms with Gasteiger partial charge in [0.15, 0.2) is 0 Å². The van der Waals surface area contributed by atoms with Gasteiger partial charge in [-0.05, 0) is 31.1 Å². The molecule has 0 spiro atoms. The van der Waals surface area contributed by atoms with Gasteiger partial charge in [0.2, 0.25) is 0 Å². The largest absolute Gasteiger partial charge is 0.271 e. The van der Waals surface area contributed by atoms with Gasteiger partial charge in [-0.25, -0.2) is 0 Å². The van der Waals surface area contributed by atoms with E-state index in [4.69, 9.17) is 17.4 Å². The second-order valence-electron chi connectivity index (χ2n) is 5.77. The van der Waals surface area contributed by atoms with Crippen molar-refractivity contribution in [3.8, 4) is 0 Å². The van der Waals surface area contributed by atoms with Gasteiger partial charge in [-0.2, -0.15) is 5.10 Å². The van der Waals surface area contributed by atoms with Crippen LogP contribution in [-0.4, -0.2) is 9.78 Å². The lowest BCUT2D eigenvalue weighted by Gasteiger charge is -2.32. The van der Waals surface area contributed by atoms with Crippen LogP contribution >= 0.6 is 11.6 Å². The molecule has 0 amide bonds. The first kappa shape index (κ1) is 14.8. The van der Waals surface area contributed by atoms with Crippen LogP contribution in [0, 0.1) is 11.8 Å². The maximum absolute atomic E-state index is 6.32. The van der Waals surface area contributed by atoms with E-state index in [2.05, 4.69) is 24.4 Å². The second-order valence-corrected chi connectivity index (χ2v) is 6.17. The Bertz CT molecular complexity index is 396. The fourth-order valence-electron chi connectivity index (χ4n) is 3.13. The van der Waals surface area contributed by atoms with Gasteiger partial charge in [-0.1, -0.05) is 38.3 Å². The summed E-state index contributed by atoms with van der Waals surface area (Å²) in [5, 5.41) is 5.10. The van der Waals surface area contributed by atoms with Crippen LogP contribution in [0.2, 0.25) is 5.02 Å². The molecule has 108 valence electrons. The van der Waals surface area contributed by atoms with Crippen molar-refractivity contribution in [1.82, 2.24) is 15.2 Å². The molecule has 1 aromatic rings. The molecular formula is C14H25ClN4. The van der Waals surface area contributed by atoms with Crippen molar-refractivity contribution < 1.29 is 0 Å². The summed E-state index contributed by atoms with van der Waals surface area (Å²) >= 11 is 6.32. The van der Waals surface area contributed by atoms with Gasteiger partial charge >= 0.3 is 0 Å². The van der Waals surface area contributed by atoms with E-state index in [1.54, 1.807) is 6.20 Å². The molecule has 1 unspecified atom stereocenters. The summed E-state index contributed by atoms with van der Waals surface area (Å²) in [6.45, 7) is 5.37. The van der Waals surface area contributed by atoms with Crippen LogP contribution in [0.3, 0.4) is 0 Å². The minimum absolute atomic E-state index is 0.119. The Hall–Kier alpha value is -0.580. The molecule has 5 heteroatoms. The van der Waals surface area contributed by atoms with Crippen LogP contribution in [0.25, 0.3) is 0 Å². The molecule has 0 bridgehead atoms. The number of rotatable bonds is 5. The van der Waals surface area contributed by atoms with E-state index in [9.17, 15) is 0 Å². The molecule has 2 rings (SSSR count). The van der Waals surface area contributed by atoms with E-state index in [0.29, 0.717) is 5.92 Å². The smallest absolute Gasteiger partial charge is 0.0834 e. The minimum atomic E-state index is 0.119. The number of nitrogens with two attached hydrogens (primary N) is 1. The van der Waals surface area contributed by atoms with Crippen LogP contribution in [-0.2, 0) is 6.54 Å². The Balaban J connectivity index is 2.19. The number of hydrazine groups is 1. The van der Waals surface area contributed by atoms with Gasteiger partial charge in [0.25, 0.3) is 0 Å². The van der Waals surface area contributed by atoms with Crippen molar-refractivity contribution in [3.63, 3.8) is 0 Å². The lowest BCUT2D eigenvalue weighted by atomic mass is 9.78. The van der Waals surface area contributed by atoms with E-state index in [-0.39, 0.29) is 6.04 Å². The van der Waals surface area contributed by atoms with E-state index in [0.717, 1.165) is 29.6 Å². The first-order valence-electron chi connectivity index (χ1n) is 7.34. The van der Waals surface area contributed by atoms with Crippen molar-refractivity contribution in [3.05, 3.63) is 16.9 Å². The highest BCUT2D eigenvalue weighted by molar-refractivity contribution is 6.31. The number of nitrogens with zero attached hydrogens (tertiary/aromatic N) is 2. The topological polar surface area (TPSA) is 55.9 Å². The van der Waals surface area contributed by atoms with Crippen molar-refractivity contribution >= 4 is 11.6 Å². The predicted octanol–water partition coefficient (Wildman–Crippen LogP) is 3.28. The Morgan fingerprint density at radius 3 is 2.74 bits per heavy atom. The highest BCUT2D eigenvalue weighted by atomic mass is 35.5. The van der Waals surface area contributed by atoms with Gasteiger partial charge in [0.1, 0.15) is 0 Å². The molecule has 1 fully saturated rings. The average molecular weight is 285 g/mol. The molecule has 4 nitrogen and oxygen atoms in total. The SMILES string of the molecule is CCCn1ncc(Cl)c1C(NN)C1CCC(C)CC1. The Labute approximate surface area is 120 Å². The predicted molar refractivity (Wildman–Crippen MR) is 78.7 cm³/mol. The monoisotopic (exact) mass is 284 g/mol. The lowest BCUT2D eigenvalue weighted by Crippen LogP contribution is -2.36. The molecule has 1 heterocycles. The van der Waals surface area contributed by atoms with Crippen LogP contribution in [0.5, 0.6) is 0 Å². The molecule has 1 saturated carbocycles. The lowest BCUT2D eigenvalue weighted by molar-refractivity contribution is 0.225. The maximum atomic E-state index is 6.32. The second kappa shape index (κ2) is 6.73. The van der Waals surface area contributed by atoms with Crippen molar-refractivity contribution in [1.29, 1.82) is 0 Å². The van der Waals surface area contributed by atoms with E-state index in [1.807, 2.05) is 4.68 Å². The molecule has 3 N–H and O–H groups in total. The third kappa shape index (κ3) is 3.30. The summed E-state index contributed by atoms with van der Waals surface area (Å²) in [6.07, 6.45) is 7.77. The number of aromatic nitrogens is 2. The van der Waals surface area contributed by atoms with Gasteiger partial charge in [-0.3, -0.25) is 16.0 Å². The zero-order chi connectivity index (χ0) is 13.8. The van der Waals surface area contributed by atoms with Crippen LogP contribution in [0.15, 0.2) is 6.20 Å². The highest BCUT2D eigenvalue weighted by Crippen LogP contribution is 2.38. The molecule has 0 saturated heterocycles. The third-order valence-electron chi connectivity index (χ3n) is 4.27. The fourth-order valence-corrected chi connectivity index (χ4v) is 3.39. The molecule has 0 aliphatic heterocycles. The number of hydrogen-bond donors (Lipinski definition) is 2. The summed E-state index contributed by atoms with van der Waals surface area (Å²) in [6, 6.07) is 0.119. The van der Waals surface area contributed by atoms with E-state index < -0.39 is 0 Å². The molecule has 19 heavy (non-hydrogen) atoms. The van der Waals surface area contributed by atoms with Crippen molar-refractivity contribution in [2.45, 2.75) is 58.5 Å². The number of halogens is 1. The maximum Gasteiger partial charge on any atom is 0.0834 e. The van der Waals surface area contributed by atoms with Crippen molar-refractivity contribution in [2.75, 3.05) is 0 Å². The summed E-state index contributed by atoms with van der Waals surface area (Å²) in [5.41, 5.74) is 4.04.